The molecular weight excluding hydrogens is 264 g/mol. The fraction of sp³-hybridized carbons (Fsp3) is 0.111. The molecule has 0 heterocycles. The van der Waals surface area contributed by atoms with Gasteiger partial charge in [0.1, 0.15) is 5.75 Å². The van der Waals surface area contributed by atoms with E-state index in [4.69, 9.17) is 4.74 Å². The minimum Gasteiger partial charge on any atom is -0.497 e. The fourth-order valence-electron chi connectivity index (χ4n) is 2.50. The van der Waals surface area contributed by atoms with Crippen molar-refractivity contribution in [3.8, 4) is 5.75 Å². The Morgan fingerprint density at radius 1 is 0.952 bits per heavy atom. The highest BCUT2D eigenvalue weighted by molar-refractivity contribution is 6.41. The van der Waals surface area contributed by atoms with E-state index in [2.05, 4.69) is 0 Å². The Hall–Kier alpha value is -2.68. The van der Waals surface area contributed by atoms with Crippen LogP contribution in [0.15, 0.2) is 48.0 Å². The van der Waals surface area contributed by atoms with Crippen LogP contribution in [0.2, 0.25) is 0 Å². The van der Waals surface area contributed by atoms with Gasteiger partial charge in [0, 0.05) is 11.1 Å². The number of aryl methyl sites for hydroxylation is 1. The van der Waals surface area contributed by atoms with E-state index in [1.807, 2.05) is 25.1 Å². The van der Waals surface area contributed by atoms with E-state index in [0.717, 1.165) is 16.9 Å². The number of fused-ring (bicyclic) bond motifs is 1. The number of allylic oxidation sites excluding steroid dienone is 1. The first-order valence-corrected chi connectivity index (χ1v) is 6.66. The summed E-state index contributed by atoms with van der Waals surface area (Å²) in [4.78, 5) is 24.7. The number of hydrogen-bond acceptors (Lipinski definition) is 3. The van der Waals surface area contributed by atoms with Crippen LogP contribution in [0.25, 0.3) is 6.08 Å². The average Bonchev–Trinajstić information content (AvgIpc) is 2.74. The molecule has 0 bridgehead atoms. The zero-order valence-corrected chi connectivity index (χ0v) is 11.8. The average molecular weight is 278 g/mol. The Balaban J connectivity index is 2.06. The molecule has 1 aliphatic carbocycles. The summed E-state index contributed by atoms with van der Waals surface area (Å²) in [5.41, 5.74) is 3.00. The molecule has 0 spiro atoms. The van der Waals surface area contributed by atoms with Gasteiger partial charge >= 0.3 is 0 Å². The largest absolute Gasteiger partial charge is 0.497 e. The van der Waals surface area contributed by atoms with Gasteiger partial charge in [0.05, 0.1) is 12.7 Å². The number of ketones is 2. The summed E-state index contributed by atoms with van der Waals surface area (Å²) in [5.74, 6) is 0.346. The van der Waals surface area contributed by atoms with E-state index in [0.29, 0.717) is 11.1 Å². The smallest absolute Gasteiger partial charge is 0.197 e. The third-order valence-electron chi connectivity index (χ3n) is 3.68. The van der Waals surface area contributed by atoms with E-state index in [9.17, 15) is 9.59 Å². The maximum atomic E-state index is 12.3. The van der Waals surface area contributed by atoms with Gasteiger partial charge in [0.25, 0.3) is 0 Å². The Morgan fingerprint density at radius 3 is 2.10 bits per heavy atom. The molecule has 1 aliphatic rings. The van der Waals surface area contributed by atoms with Gasteiger partial charge in [-0.2, -0.15) is 0 Å². The van der Waals surface area contributed by atoms with Crippen LogP contribution < -0.4 is 4.74 Å². The van der Waals surface area contributed by atoms with Crippen LogP contribution in [-0.2, 0) is 0 Å². The summed E-state index contributed by atoms with van der Waals surface area (Å²) >= 11 is 0. The molecule has 104 valence electrons. The topological polar surface area (TPSA) is 43.4 Å². The van der Waals surface area contributed by atoms with Crippen molar-refractivity contribution >= 4 is 17.6 Å². The first kappa shape index (κ1) is 13.3. The predicted octanol–water partition coefficient (Wildman–Crippen LogP) is 3.47. The third kappa shape index (κ3) is 2.17. The first-order chi connectivity index (χ1) is 10.1. The molecular formula is C18H14O3. The van der Waals surface area contributed by atoms with Crippen LogP contribution in [0, 0.1) is 6.92 Å². The summed E-state index contributed by atoms with van der Waals surface area (Å²) in [6.45, 7) is 1.92. The van der Waals surface area contributed by atoms with Crippen molar-refractivity contribution < 1.29 is 14.3 Å². The molecule has 0 saturated carbocycles. The molecule has 0 radical (unpaired) electrons. The summed E-state index contributed by atoms with van der Waals surface area (Å²) in [6, 6.07) is 12.5. The van der Waals surface area contributed by atoms with Crippen molar-refractivity contribution in [2.75, 3.05) is 7.11 Å². The highest BCUT2D eigenvalue weighted by Crippen LogP contribution is 2.28. The molecule has 0 saturated heterocycles. The number of carbonyl (C=O) groups excluding carboxylic acids is 2. The Morgan fingerprint density at radius 2 is 1.57 bits per heavy atom. The highest BCUT2D eigenvalue weighted by atomic mass is 16.5. The normalized spacial score (nSPS) is 13.3. The molecule has 2 aromatic carbocycles. The quantitative estimate of drug-likeness (QED) is 0.624. The molecule has 0 amide bonds. The zero-order valence-electron chi connectivity index (χ0n) is 11.8. The van der Waals surface area contributed by atoms with Gasteiger partial charge in [-0.25, -0.2) is 0 Å². The molecule has 21 heavy (non-hydrogen) atoms. The Labute approximate surface area is 122 Å². The summed E-state index contributed by atoms with van der Waals surface area (Å²) in [5, 5.41) is 0. The fourth-order valence-corrected chi connectivity index (χ4v) is 2.50. The number of hydrogen-bond donors (Lipinski definition) is 0. The van der Waals surface area contributed by atoms with Crippen LogP contribution in [0.4, 0.5) is 0 Å². The van der Waals surface area contributed by atoms with E-state index in [1.165, 1.54) is 0 Å². The van der Waals surface area contributed by atoms with Crippen LogP contribution in [-0.4, -0.2) is 18.7 Å². The summed E-state index contributed by atoms with van der Waals surface area (Å²) < 4.78 is 5.16. The molecule has 3 rings (SSSR count). The second-order valence-corrected chi connectivity index (χ2v) is 4.98. The molecule has 0 fully saturated rings. The lowest BCUT2D eigenvalue weighted by Gasteiger charge is -2.05. The van der Waals surface area contributed by atoms with Gasteiger partial charge in [-0.1, -0.05) is 30.3 Å². The minimum atomic E-state index is -0.203. The second-order valence-electron chi connectivity index (χ2n) is 4.98. The van der Waals surface area contributed by atoms with Crippen molar-refractivity contribution in [3.63, 3.8) is 0 Å². The number of carbonyl (C=O) groups is 2. The number of benzene rings is 2. The van der Waals surface area contributed by atoms with Crippen molar-refractivity contribution in [1.82, 2.24) is 0 Å². The Kier molecular flexibility index (Phi) is 3.18. The van der Waals surface area contributed by atoms with E-state index in [-0.39, 0.29) is 17.1 Å². The second kappa shape index (κ2) is 5.02. The molecule has 3 heteroatoms. The van der Waals surface area contributed by atoms with Gasteiger partial charge in [-0.15, -0.1) is 0 Å². The van der Waals surface area contributed by atoms with Gasteiger partial charge in [0.2, 0.25) is 0 Å². The first-order valence-electron chi connectivity index (χ1n) is 6.66. The van der Waals surface area contributed by atoms with Crippen molar-refractivity contribution in [3.05, 3.63) is 70.3 Å². The monoisotopic (exact) mass is 278 g/mol. The van der Waals surface area contributed by atoms with Crippen LogP contribution in [0.3, 0.4) is 0 Å². The molecule has 0 aromatic heterocycles. The van der Waals surface area contributed by atoms with Crippen molar-refractivity contribution in [1.29, 1.82) is 0 Å². The van der Waals surface area contributed by atoms with Crippen LogP contribution in [0.1, 0.15) is 31.8 Å². The SMILES string of the molecule is COc1ccc(C=C2C(=O)c3ccccc3C2=O)c(C)c1. The van der Waals surface area contributed by atoms with Crippen molar-refractivity contribution in [2.24, 2.45) is 0 Å². The molecule has 0 aliphatic heterocycles. The van der Waals surface area contributed by atoms with E-state index in [1.54, 1.807) is 37.5 Å². The van der Waals surface area contributed by atoms with Gasteiger partial charge < -0.3 is 4.74 Å². The standard InChI is InChI=1S/C18H14O3/c1-11-9-13(21-2)8-7-12(11)10-16-17(19)14-5-3-4-6-15(14)18(16)20/h3-10H,1-2H3. The lowest BCUT2D eigenvalue weighted by Crippen LogP contribution is -2.00. The molecule has 3 nitrogen and oxygen atoms in total. The number of rotatable bonds is 2. The minimum absolute atomic E-state index is 0.203. The Bertz CT molecular complexity index is 748. The number of ether oxygens (including phenoxy) is 1. The lowest BCUT2D eigenvalue weighted by molar-refractivity contribution is 0.0990. The molecule has 0 atom stereocenters. The maximum Gasteiger partial charge on any atom is 0.197 e. The van der Waals surface area contributed by atoms with E-state index >= 15 is 0 Å². The predicted molar refractivity (Wildman–Crippen MR) is 80.8 cm³/mol. The molecule has 2 aromatic rings. The molecule has 0 unspecified atom stereocenters. The van der Waals surface area contributed by atoms with E-state index < -0.39 is 0 Å². The molecule has 0 N–H and O–H groups in total. The highest BCUT2D eigenvalue weighted by Gasteiger charge is 2.32. The summed E-state index contributed by atoms with van der Waals surface area (Å²) in [7, 11) is 1.60. The lowest BCUT2D eigenvalue weighted by atomic mass is 10.0. The number of Topliss-reactive ketones (excluding diaryl/α,β-unsaturated/α-hetero) is 2. The summed E-state index contributed by atoms with van der Waals surface area (Å²) in [6.07, 6.45) is 1.67. The number of methoxy groups -OCH3 is 1. The van der Waals surface area contributed by atoms with Crippen molar-refractivity contribution in [2.45, 2.75) is 6.92 Å². The van der Waals surface area contributed by atoms with Gasteiger partial charge in [-0.05, 0) is 36.3 Å². The third-order valence-corrected chi connectivity index (χ3v) is 3.68. The van der Waals surface area contributed by atoms with Crippen LogP contribution in [0.5, 0.6) is 5.75 Å². The maximum absolute atomic E-state index is 12.3. The van der Waals surface area contributed by atoms with Crippen LogP contribution >= 0.6 is 0 Å². The van der Waals surface area contributed by atoms with Gasteiger partial charge in [0.15, 0.2) is 11.6 Å². The zero-order chi connectivity index (χ0) is 15.0. The van der Waals surface area contributed by atoms with Gasteiger partial charge in [-0.3, -0.25) is 9.59 Å².